The van der Waals surface area contributed by atoms with Crippen molar-refractivity contribution in [1.29, 1.82) is 0 Å². The molecule has 1 amide bonds. The molecule has 0 aromatic heterocycles. The highest BCUT2D eigenvalue weighted by molar-refractivity contribution is 9.10. The molecule has 0 bridgehead atoms. The third-order valence-corrected chi connectivity index (χ3v) is 5.47. The van der Waals surface area contributed by atoms with Crippen molar-refractivity contribution in [2.75, 3.05) is 23.4 Å². The van der Waals surface area contributed by atoms with Crippen LogP contribution in [0.4, 0.5) is 17.1 Å². The molecule has 0 aliphatic rings. The predicted molar refractivity (Wildman–Crippen MR) is 102 cm³/mol. The van der Waals surface area contributed by atoms with E-state index in [-0.39, 0.29) is 18.1 Å². The van der Waals surface area contributed by atoms with Gasteiger partial charge in [-0.25, -0.2) is 8.42 Å². The molecule has 26 heavy (non-hydrogen) atoms. The highest BCUT2D eigenvalue weighted by Crippen LogP contribution is 2.27. The number of nitro groups is 1. The van der Waals surface area contributed by atoms with Crippen LogP contribution < -0.4 is 10.6 Å². The zero-order valence-electron chi connectivity index (χ0n) is 13.9. The first-order chi connectivity index (χ1) is 12.1. The Hall–Kier alpha value is -2.46. The van der Waals surface area contributed by atoms with Crippen molar-refractivity contribution in [3.05, 3.63) is 56.5 Å². The molecule has 2 N–H and O–H groups in total. The number of anilines is 2. The van der Waals surface area contributed by atoms with Crippen LogP contribution in [0.1, 0.15) is 5.56 Å². The van der Waals surface area contributed by atoms with Crippen molar-refractivity contribution in [2.45, 2.75) is 11.8 Å². The monoisotopic (exact) mass is 441 g/mol. The van der Waals surface area contributed by atoms with Crippen LogP contribution in [0.15, 0.2) is 45.8 Å². The summed E-state index contributed by atoms with van der Waals surface area (Å²) >= 11 is 3.37. The van der Waals surface area contributed by atoms with Gasteiger partial charge in [0.2, 0.25) is 5.91 Å². The van der Waals surface area contributed by atoms with E-state index in [0.29, 0.717) is 5.69 Å². The first kappa shape index (κ1) is 19.9. The van der Waals surface area contributed by atoms with E-state index in [0.717, 1.165) is 28.4 Å². The fraction of sp³-hybridized carbons (Fsp3) is 0.188. The summed E-state index contributed by atoms with van der Waals surface area (Å²) in [5, 5.41) is 16.4. The van der Waals surface area contributed by atoms with Gasteiger partial charge in [0.1, 0.15) is 4.90 Å². The number of hydrogen-bond acceptors (Lipinski definition) is 6. The average Bonchev–Trinajstić information content (AvgIpc) is 2.55. The Balaban J connectivity index is 2.10. The SMILES string of the molecule is Cc1cc(NC(=O)CNc2ccc([N+](=O)[O-])c(S(C)(=O)=O)c2)ccc1Br. The number of nitrogens with zero attached hydrogens (tertiary/aromatic N) is 1. The molecule has 8 nitrogen and oxygen atoms in total. The van der Waals surface area contributed by atoms with Gasteiger partial charge >= 0.3 is 0 Å². The Bertz CT molecular complexity index is 976. The Labute approximate surface area is 158 Å². The van der Waals surface area contributed by atoms with Crippen LogP contribution in [-0.4, -0.2) is 32.0 Å². The molecule has 0 radical (unpaired) electrons. The summed E-state index contributed by atoms with van der Waals surface area (Å²) in [5.74, 6) is -0.342. The maximum atomic E-state index is 12.0. The Morgan fingerprint density at radius 3 is 2.42 bits per heavy atom. The third-order valence-electron chi connectivity index (χ3n) is 3.45. The zero-order chi connectivity index (χ0) is 19.5. The van der Waals surface area contributed by atoms with E-state index in [4.69, 9.17) is 0 Å². The first-order valence-electron chi connectivity index (χ1n) is 7.36. The van der Waals surface area contributed by atoms with Crippen molar-refractivity contribution >= 4 is 48.7 Å². The molecule has 2 aromatic carbocycles. The van der Waals surface area contributed by atoms with Crippen LogP contribution in [0.3, 0.4) is 0 Å². The number of sulfone groups is 1. The van der Waals surface area contributed by atoms with Crippen molar-refractivity contribution in [1.82, 2.24) is 0 Å². The topological polar surface area (TPSA) is 118 Å². The number of carbonyl (C=O) groups excluding carboxylic acids is 1. The van der Waals surface area contributed by atoms with Crippen LogP contribution in [-0.2, 0) is 14.6 Å². The number of nitro benzene ring substituents is 1. The minimum Gasteiger partial charge on any atom is -0.376 e. The van der Waals surface area contributed by atoms with Crippen LogP contribution in [0.25, 0.3) is 0 Å². The van der Waals surface area contributed by atoms with Crippen LogP contribution in [0.5, 0.6) is 0 Å². The summed E-state index contributed by atoms with van der Waals surface area (Å²) in [4.78, 5) is 21.8. The normalized spacial score (nSPS) is 11.0. The third kappa shape index (κ3) is 5.02. The first-order valence-corrected chi connectivity index (χ1v) is 10.0. The van der Waals surface area contributed by atoms with Crippen molar-refractivity contribution in [3.63, 3.8) is 0 Å². The van der Waals surface area contributed by atoms with Gasteiger partial charge in [-0.3, -0.25) is 14.9 Å². The zero-order valence-corrected chi connectivity index (χ0v) is 16.3. The predicted octanol–water partition coefficient (Wildman–Crippen LogP) is 3.12. The maximum absolute atomic E-state index is 12.0. The van der Waals surface area contributed by atoms with E-state index in [2.05, 4.69) is 26.6 Å². The molecule has 10 heteroatoms. The summed E-state index contributed by atoms with van der Waals surface area (Å²) < 4.78 is 24.4. The standard InChI is InChI=1S/C16H16BrN3O5S/c1-10-7-12(3-5-13(10)17)19-16(21)9-18-11-4-6-14(20(22)23)15(8-11)26(2,24)25/h3-8,18H,9H2,1-2H3,(H,19,21). The number of hydrogen-bond donors (Lipinski definition) is 2. The Morgan fingerprint density at radius 2 is 1.85 bits per heavy atom. The molecule has 0 saturated heterocycles. The molecule has 0 fully saturated rings. The van der Waals surface area contributed by atoms with E-state index in [1.165, 1.54) is 6.07 Å². The number of carbonyl (C=O) groups is 1. The van der Waals surface area contributed by atoms with E-state index < -0.39 is 25.3 Å². The van der Waals surface area contributed by atoms with Gasteiger partial charge in [-0.05, 0) is 42.8 Å². The second-order valence-corrected chi connectivity index (χ2v) is 8.42. The fourth-order valence-corrected chi connectivity index (χ4v) is 3.29. The van der Waals surface area contributed by atoms with E-state index in [9.17, 15) is 23.3 Å². The molecular weight excluding hydrogens is 426 g/mol. The van der Waals surface area contributed by atoms with Crippen molar-refractivity contribution in [2.24, 2.45) is 0 Å². The minimum absolute atomic E-state index is 0.129. The summed E-state index contributed by atoms with van der Waals surface area (Å²) in [5.41, 5.74) is 1.37. The van der Waals surface area contributed by atoms with E-state index >= 15 is 0 Å². The maximum Gasteiger partial charge on any atom is 0.288 e. The molecule has 0 atom stereocenters. The molecule has 0 aliphatic heterocycles. The van der Waals surface area contributed by atoms with Crippen LogP contribution in [0.2, 0.25) is 0 Å². The summed E-state index contributed by atoms with van der Waals surface area (Å²) in [6, 6.07) is 8.94. The molecule has 0 aliphatic carbocycles. The van der Waals surface area contributed by atoms with Gasteiger partial charge in [0.25, 0.3) is 5.69 Å². The highest BCUT2D eigenvalue weighted by Gasteiger charge is 2.22. The van der Waals surface area contributed by atoms with E-state index in [1.54, 1.807) is 12.1 Å². The van der Waals surface area contributed by atoms with Crippen molar-refractivity contribution in [3.8, 4) is 0 Å². The lowest BCUT2D eigenvalue weighted by Gasteiger charge is -2.10. The van der Waals surface area contributed by atoms with Gasteiger partial charge < -0.3 is 10.6 Å². The van der Waals surface area contributed by atoms with Gasteiger partial charge in [-0.1, -0.05) is 15.9 Å². The lowest BCUT2D eigenvalue weighted by molar-refractivity contribution is -0.387. The minimum atomic E-state index is -3.78. The van der Waals surface area contributed by atoms with Gasteiger partial charge in [-0.2, -0.15) is 0 Å². The summed E-state index contributed by atoms with van der Waals surface area (Å²) in [7, 11) is -3.78. The number of amides is 1. The smallest absolute Gasteiger partial charge is 0.288 e. The van der Waals surface area contributed by atoms with Gasteiger partial charge in [0.05, 0.1) is 11.5 Å². The summed E-state index contributed by atoms with van der Waals surface area (Å²) in [6.45, 7) is 1.76. The molecule has 2 rings (SSSR count). The quantitative estimate of drug-likeness (QED) is 0.524. The van der Waals surface area contributed by atoms with Gasteiger partial charge in [0.15, 0.2) is 9.84 Å². The summed E-state index contributed by atoms with van der Waals surface area (Å²) in [6.07, 6.45) is 0.891. The van der Waals surface area contributed by atoms with Crippen molar-refractivity contribution < 1.29 is 18.1 Å². The number of rotatable bonds is 6. The lowest BCUT2D eigenvalue weighted by atomic mass is 10.2. The number of halogens is 1. The number of aryl methyl sites for hydroxylation is 1. The molecule has 2 aromatic rings. The van der Waals surface area contributed by atoms with Crippen LogP contribution in [0, 0.1) is 17.0 Å². The highest BCUT2D eigenvalue weighted by atomic mass is 79.9. The molecule has 0 saturated carbocycles. The number of nitrogens with one attached hydrogen (secondary N) is 2. The Morgan fingerprint density at radius 1 is 1.19 bits per heavy atom. The molecular formula is C16H16BrN3O5S. The van der Waals surface area contributed by atoms with Crippen LogP contribution >= 0.6 is 15.9 Å². The molecule has 0 heterocycles. The fourth-order valence-electron chi connectivity index (χ4n) is 2.18. The second-order valence-electron chi connectivity index (χ2n) is 5.58. The lowest BCUT2D eigenvalue weighted by Crippen LogP contribution is -2.22. The molecule has 0 unspecified atom stereocenters. The average molecular weight is 442 g/mol. The Kier molecular flexibility index (Phi) is 5.98. The molecule has 138 valence electrons. The largest absolute Gasteiger partial charge is 0.376 e. The number of benzene rings is 2. The van der Waals surface area contributed by atoms with E-state index in [1.807, 2.05) is 13.0 Å². The van der Waals surface area contributed by atoms with Gasteiger partial charge in [0, 0.05) is 28.2 Å². The second kappa shape index (κ2) is 7.83. The molecule has 0 spiro atoms. The van der Waals surface area contributed by atoms with Gasteiger partial charge in [-0.15, -0.1) is 0 Å².